The zero-order valence-corrected chi connectivity index (χ0v) is 14.2. The molecule has 0 aliphatic rings. The minimum atomic E-state index is -3.92. The number of carbonyl (C=O) groups is 1. The summed E-state index contributed by atoms with van der Waals surface area (Å²) in [6.45, 7) is 3.51. The number of hydrogen-bond donors (Lipinski definition) is 2. The van der Waals surface area contributed by atoms with Gasteiger partial charge in [0, 0.05) is 5.02 Å². The van der Waals surface area contributed by atoms with E-state index in [9.17, 15) is 13.2 Å². The summed E-state index contributed by atoms with van der Waals surface area (Å²) in [5.41, 5.74) is 1.43. The highest BCUT2D eigenvalue weighted by atomic mass is 35.5. The van der Waals surface area contributed by atoms with Crippen molar-refractivity contribution in [2.75, 3.05) is 4.72 Å². The monoisotopic (exact) mass is 353 g/mol. The summed E-state index contributed by atoms with van der Waals surface area (Å²) in [6, 6.07) is 8.99. The van der Waals surface area contributed by atoms with E-state index in [2.05, 4.69) is 4.72 Å². The van der Waals surface area contributed by atoms with E-state index in [1.54, 1.807) is 32.0 Å². The highest BCUT2D eigenvalue weighted by molar-refractivity contribution is 7.92. The Labute approximate surface area is 140 Å². The average molecular weight is 354 g/mol. The van der Waals surface area contributed by atoms with Gasteiger partial charge in [-0.15, -0.1) is 0 Å². The van der Waals surface area contributed by atoms with Crippen molar-refractivity contribution in [1.29, 1.82) is 0 Å². The molecule has 0 radical (unpaired) electrons. The molecule has 5 nitrogen and oxygen atoms in total. The zero-order chi connectivity index (χ0) is 17.2. The van der Waals surface area contributed by atoms with Gasteiger partial charge < -0.3 is 5.11 Å². The van der Waals surface area contributed by atoms with E-state index >= 15 is 0 Å². The van der Waals surface area contributed by atoms with Gasteiger partial charge in [-0.1, -0.05) is 30.7 Å². The molecule has 0 aliphatic carbocycles. The molecule has 7 heteroatoms. The topological polar surface area (TPSA) is 83.5 Å². The lowest BCUT2D eigenvalue weighted by Gasteiger charge is -2.14. The summed E-state index contributed by atoms with van der Waals surface area (Å²) < 4.78 is 27.8. The molecule has 2 aromatic carbocycles. The van der Waals surface area contributed by atoms with Gasteiger partial charge in [0.05, 0.1) is 16.1 Å². The van der Waals surface area contributed by atoms with Crippen molar-refractivity contribution in [3.63, 3.8) is 0 Å². The van der Waals surface area contributed by atoms with Crippen LogP contribution in [-0.2, 0) is 16.4 Å². The number of anilines is 1. The maximum Gasteiger partial charge on any atom is 0.335 e. The van der Waals surface area contributed by atoms with Crippen LogP contribution in [0.4, 0.5) is 5.69 Å². The SMILES string of the molecule is CCc1ccc(C(=O)O)cc1S(=O)(=O)Nc1cccc(Cl)c1C. The number of halogens is 1. The van der Waals surface area contributed by atoms with Gasteiger partial charge in [-0.2, -0.15) is 0 Å². The van der Waals surface area contributed by atoms with E-state index < -0.39 is 16.0 Å². The molecule has 0 saturated heterocycles. The molecule has 0 aliphatic heterocycles. The second-order valence-electron chi connectivity index (χ2n) is 5.00. The number of aryl methyl sites for hydroxylation is 1. The Kier molecular flexibility index (Phi) is 4.97. The Hall–Kier alpha value is -2.05. The molecule has 2 N–H and O–H groups in total. The molecular weight excluding hydrogens is 338 g/mol. The van der Waals surface area contributed by atoms with Crippen molar-refractivity contribution < 1.29 is 18.3 Å². The molecule has 0 aromatic heterocycles. The largest absolute Gasteiger partial charge is 0.478 e. The van der Waals surface area contributed by atoms with Crippen molar-refractivity contribution in [1.82, 2.24) is 0 Å². The van der Waals surface area contributed by atoms with E-state index in [1.807, 2.05) is 0 Å². The van der Waals surface area contributed by atoms with Gasteiger partial charge in [0.25, 0.3) is 10.0 Å². The lowest BCUT2D eigenvalue weighted by Crippen LogP contribution is -2.16. The molecule has 2 aromatic rings. The number of rotatable bonds is 5. The second-order valence-corrected chi connectivity index (χ2v) is 7.06. The van der Waals surface area contributed by atoms with Crippen LogP contribution < -0.4 is 4.72 Å². The molecule has 2 rings (SSSR count). The Morgan fingerprint density at radius 1 is 1.26 bits per heavy atom. The lowest BCUT2D eigenvalue weighted by atomic mass is 10.1. The van der Waals surface area contributed by atoms with Gasteiger partial charge in [0.2, 0.25) is 0 Å². The number of nitrogens with one attached hydrogen (secondary N) is 1. The van der Waals surface area contributed by atoms with Gasteiger partial charge in [-0.05, 0) is 48.7 Å². The number of carboxylic acids is 1. The minimum absolute atomic E-state index is 0.0423. The Balaban J connectivity index is 2.53. The normalized spacial score (nSPS) is 11.3. The molecule has 0 bridgehead atoms. The molecule has 0 spiro atoms. The van der Waals surface area contributed by atoms with Crippen LogP contribution in [0.3, 0.4) is 0 Å². The maximum atomic E-state index is 12.7. The van der Waals surface area contributed by atoms with Gasteiger partial charge in [0.1, 0.15) is 0 Å². The molecule has 0 atom stereocenters. The zero-order valence-electron chi connectivity index (χ0n) is 12.6. The quantitative estimate of drug-likeness (QED) is 0.858. The summed E-state index contributed by atoms with van der Waals surface area (Å²) >= 11 is 6.00. The maximum absolute atomic E-state index is 12.7. The van der Waals surface area contributed by atoms with Crippen LogP contribution in [0.2, 0.25) is 5.02 Å². The van der Waals surface area contributed by atoms with Gasteiger partial charge >= 0.3 is 5.97 Å². The summed E-state index contributed by atoms with van der Waals surface area (Å²) in [5, 5.41) is 9.52. The molecule has 0 unspecified atom stereocenters. The van der Waals surface area contributed by atoms with Crippen LogP contribution in [0.25, 0.3) is 0 Å². The fraction of sp³-hybridized carbons (Fsp3) is 0.188. The second kappa shape index (κ2) is 6.60. The molecule has 0 amide bonds. The summed E-state index contributed by atoms with van der Waals surface area (Å²) in [6.07, 6.45) is 0.463. The molecular formula is C16H16ClNO4S. The number of hydrogen-bond acceptors (Lipinski definition) is 3. The van der Waals surface area contributed by atoms with Crippen molar-refractivity contribution in [3.05, 3.63) is 58.1 Å². The standard InChI is InChI=1S/C16H16ClNO4S/c1-3-11-7-8-12(16(19)20)9-15(11)23(21,22)18-14-6-4-5-13(17)10(14)2/h4-9,18H,3H2,1-2H3,(H,19,20). The number of benzene rings is 2. The van der Waals surface area contributed by atoms with E-state index in [0.717, 1.165) is 0 Å². The Morgan fingerprint density at radius 3 is 2.57 bits per heavy atom. The Bertz CT molecular complexity index is 862. The molecule has 0 saturated carbocycles. The number of carboxylic acid groups (broad SMARTS) is 1. The average Bonchev–Trinajstić information content (AvgIpc) is 2.51. The van der Waals surface area contributed by atoms with E-state index in [4.69, 9.17) is 16.7 Å². The third-order valence-electron chi connectivity index (χ3n) is 3.50. The molecule has 23 heavy (non-hydrogen) atoms. The van der Waals surface area contributed by atoms with Crippen LogP contribution in [0.5, 0.6) is 0 Å². The third-order valence-corrected chi connectivity index (χ3v) is 5.35. The molecule has 0 fully saturated rings. The summed E-state index contributed by atoms with van der Waals surface area (Å²) in [7, 11) is -3.92. The van der Waals surface area contributed by atoms with E-state index in [1.165, 1.54) is 18.2 Å². The van der Waals surface area contributed by atoms with Crippen molar-refractivity contribution in [2.45, 2.75) is 25.2 Å². The lowest BCUT2D eigenvalue weighted by molar-refractivity contribution is 0.0696. The van der Waals surface area contributed by atoms with E-state index in [-0.39, 0.29) is 10.5 Å². The predicted molar refractivity (Wildman–Crippen MR) is 89.8 cm³/mol. The van der Waals surface area contributed by atoms with Crippen LogP contribution in [-0.4, -0.2) is 19.5 Å². The fourth-order valence-corrected chi connectivity index (χ4v) is 3.78. The summed E-state index contributed by atoms with van der Waals surface area (Å²) in [4.78, 5) is 11.1. The van der Waals surface area contributed by atoms with Gasteiger partial charge in [-0.3, -0.25) is 4.72 Å². The van der Waals surface area contributed by atoms with Gasteiger partial charge in [-0.25, -0.2) is 13.2 Å². The first-order chi connectivity index (χ1) is 10.8. The predicted octanol–water partition coefficient (Wildman–Crippen LogP) is 3.71. The van der Waals surface area contributed by atoms with Crippen molar-refractivity contribution >= 4 is 33.3 Å². The minimum Gasteiger partial charge on any atom is -0.478 e. The van der Waals surface area contributed by atoms with Crippen LogP contribution >= 0.6 is 11.6 Å². The van der Waals surface area contributed by atoms with Crippen LogP contribution in [0, 0.1) is 6.92 Å². The first-order valence-electron chi connectivity index (χ1n) is 6.90. The Morgan fingerprint density at radius 2 is 1.96 bits per heavy atom. The molecule has 0 heterocycles. The van der Waals surface area contributed by atoms with Crippen LogP contribution in [0.15, 0.2) is 41.3 Å². The van der Waals surface area contributed by atoms with Crippen LogP contribution in [0.1, 0.15) is 28.4 Å². The fourth-order valence-electron chi connectivity index (χ4n) is 2.15. The first-order valence-corrected chi connectivity index (χ1v) is 8.76. The molecule has 122 valence electrons. The highest BCUT2D eigenvalue weighted by Crippen LogP contribution is 2.27. The van der Waals surface area contributed by atoms with Crippen molar-refractivity contribution in [3.8, 4) is 0 Å². The first kappa shape index (κ1) is 17.3. The van der Waals surface area contributed by atoms with Gasteiger partial charge in [0.15, 0.2) is 0 Å². The third kappa shape index (κ3) is 3.65. The number of sulfonamides is 1. The van der Waals surface area contributed by atoms with E-state index in [0.29, 0.717) is 28.3 Å². The van der Waals surface area contributed by atoms with Crippen molar-refractivity contribution in [2.24, 2.45) is 0 Å². The smallest absolute Gasteiger partial charge is 0.335 e. The highest BCUT2D eigenvalue weighted by Gasteiger charge is 2.21. The number of aromatic carboxylic acids is 1. The summed E-state index contributed by atoms with van der Waals surface area (Å²) in [5.74, 6) is -1.18.